The van der Waals surface area contributed by atoms with E-state index in [0.29, 0.717) is 0 Å². The maximum Gasteiger partial charge on any atom is -0.0100 e. The standard InChI is InChI=1S/C19H26/c1-7-19(5,6)17-13-12-16(18(2,3)4)14-10-8-9-11-15(14)17/h8-13H,7H2,1-6H3. The van der Waals surface area contributed by atoms with Crippen LogP contribution in [0.1, 0.15) is 59.1 Å². The van der Waals surface area contributed by atoms with E-state index in [2.05, 4.69) is 77.9 Å². The third kappa shape index (κ3) is 2.54. The highest BCUT2D eigenvalue weighted by Gasteiger charge is 2.23. The van der Waals surface area contributed by atoms with Gasteiger partial charge in [0.15, 0.2) is 0 Å². The van der Waals surface area contributed by atoms with Gasteiger partial charge in [0.05, 0.1) is 0 Å². The summed E-state index contributed by atoms with van der Waals surface area (Å²) in [7, 11) is 0. The lowest BCUT2D eigenvalue weighted by Gasteiger charge is -2.28. The zero-order valence-electron chi connectivity index (χ0n) is 13.2. The highest BCUT2D eigenvalue weighted by atomic mass is 14.3. The van der Waals surface area contributed by atoms with Gasteiger partial charge in [-0.15, -0.1) is 0 Å². The maximum absolute atomic E-state index is 2.34. The van der Waals surface area contributed by atoms with Crippen molar-refractivity contribution in [3.63, 3.8) is 0 Å². The van der Waals surface area contributed by atoms with Crippen LogP contribution in [0.5, 0.6) is 0 Å². The summed E-state index contributed by atoms with van der Waals surface area (Å²) >= 11 is 0. The zero-order chi connectivity index (χ0) is 14.3. The van der Waals surface area contributed by atoms with E-state index in [9.17, 15) is 0 Å². The minimum Gasteiger partial charge on any atom is -0.0646 e. The van der Waals surface area contributed by atoms with Crippen molar-refractivity contribution in [3.8, 4) is 0 Å². The van der Waals surface area contributed by atoms with Gasteiger partial charge in [-0.3, -0.25) is 0 Å². The summed E-state index contributed by atoms with van der Waals surface area (Å²) in [4.78, 5) is 0. The quantitative estimate of drug-likeness (QED) is 0.633. The second-order valence-electron chi connectivity index (χ2n) is 7.19. The Morgan fingerprint density at radius 2 is 1.21 bits per heavy atom. The van der Waals surface area contributed by atoms with Gasteiger partial charge in [0, 0.05) is 0 Å². The Bertz CT molecular complexity index is 583. The van der Waals surface area contributed by atoms with Gasteiger partial charge in [0.2, 0.25) is 0 Å². The molecule has 0 bridgehead atoms. The molecule has 0 atom stereocenters. The van der Waals surface area contributed by atoms with Crippen molar-refractivity contribution in [1.29, 1.82) is 0 Å². The summed E-state index contributed by atoms with van der Waals surface area (Å²) in [5, 5.41) is 2.83. The van der Waals surface area contributed by atoms with E-state index in [1.807, 2.05) is 0 Å². The second-order valence-corrected chi connectivity index (χ2v) is 7.19. The number of fused-ring (bicyclic) bond motifs is 1. The van der Waals surface area contributed by atoms with Crippen LogP contribution in [0, 0.1) is 0 Å². The molecule has 0 aliphatic heterocycles. The number of benzene rings is 2. The predicted molar refractivity (Wildman–Crippen MR) is 86.0 cm³/mol. The molecular weight excluding hydrogens is 228 g/mol. The van der Waals surface area contributed by atoms with Crippen molar-refractivity contribution in [3.05, 3.63) is 47.5 Å². The molecule has 0 aliphatic carbocycles. The van der Waals surface area contributed by atoms with Crippen molar-refractivity contribution < 1.29 is 0 Å². The summed E-state index contributed by atoms with van der Waals surface area (Å²) in [5.74, 6) is 0. The van der Waals surface area contributed by atoms with E-state index in [-0.39, 0.29) is 10.8 Å². The molecule has 0 heteroatoms. The Hall–Kier alpha value is -1.30. The molecule has 0 N–H and O–H groups in total. The Morgan fingerprint density at radius 3 is 1.68 bits per heavy atom. The second kappa shape index (κ2) is 4.67. The van der Waals surface area contributed by atoms with Crippen molar-refractivity contribution >= 4 is 10.8 Å². The van der Waals surface area contributed by atoms with E-state index < -0.39 is 0 Å². The Labute approximate surface area is 117 Å². The molecular formula is C19H26. The first-order valence-electron chi connectivity index (χ1n) is 7.30. The van der Waals surface area contributed by atoms with Crippen LogP contribution in [0.2, 0.25) is 0 Å². The van der Waals surface area contributed by atoms with Crippen LogP contribution < -0.4 is 0 Å². The molecule has 0 spiro atoms. The lowest BCUT2D eigenvalue weighted by Crippen LogP contribution is -2.18. The number of hydrogen-bond donors (Lipinski definition) is 0. The van der Waals surface area contributed by atoms with Crippen LogP contribution >= 0.6 is 0 Å². The monoisotopic (exact) mass is 254 g/mol. The lowest BCUT2D eigenvalue weighted by molar-refractivity contribution is 0.510. The number of hydrogen-bond acceptors (Lipinski definition) is 0. The molecule has 19 heavy (non-hydrogen) atoms. The molecule has 0 nitrogen and oxygen atoms in total. The fraction of sp³-hybridized carbons (Fsp3) is 0.474. The number of rotatable bonds is 2. The van der Waals surface area contributed by atoms with Crippen molar-refractivity contribution in [2.75, 3.05) is 0 Å². The van der Waals surface area contributed by atoms with Gasteiger partial charge in [0.1, 0.15) is 0 Å². The van der Waals surface area contributed by atoms with Crippen molar-refractivity contribution in [2.24, 2.45) is 0 Å². The molecule has 2 aromatic rings. The first kappa shape index (κ1) is 14.1. The average molecular weight is 254 g/mol. The van der Waals surface area contributed by atoms with Gasteiger partial charge in [-0.05, 0) is 39.2 Å². The minimum atomic E-state index is 0.189. The fourth-order valence-electron chi connectivity index (χ4n) is 2.73. The highest BCUT2D eigenvalue weighted by molar-refractivity contribution is 5.90. The van der Waals surface area contributed by atoms with E-state index in [4.69, 9.17) is 0 Å². The summed E-state index contributed by atoms with van der Waals surface area (Å²) in [5.41, 5.74) is 3.34. The van der Waals surface area contributed by atoms with E-state index in [1.165, 1.54) is 21.9 Å². The third-order valence-electron chi connectivity index (χ3n) is 4.35. The molecule has 0 saturated carbocycles. The Kier molecular flexibility index (Phi) is 3.47. The van der Waals surface area contributed by atoms with Crippen LogP contribution in [0.25, 0.3) is 10.8 Å². The normalized spacial score (nSPS) is 12.9. The predicted octanol–water partition coefficient (Wildman–Crippen LogP) is 5.82. The molecule has 0 aromatic heterocycles. The van der Waals surface area contributed by atoms with Crippen LogP contribution in [-0.4, -0.2) is 0 Å². The van der Waals surface area contributed by atoms with Gasteiger partial charge >= 0.3 is 0 Å². The Morgan fingerprint density at radius 1 is 0.737 bits per heavy atom. The summed E-state index contributed by atoms with van der Waals surface area (Å²) in [6, 6.07) is 13.5. The van der Waals surface area contributed by atoms with Crippen LogP contribution in [0.15, 0.2) is 36.4 Å². The maximum atomic E-state index is 2.34. The van der Waals surface area contributed by atoms with E-state index >= 15 is 0 Å². The molecule has 0 saturated heterocycles. The SMILES string of the molecule is CCC(C)(C)c1ccc(C(C)(C)C)c2ccccc12. The molecule has 102 valence electrons. The van der Waals surface area contributed by atoms with Crippen LogP contribution in [0.4, 0.5) is 0 Å². The zero-order valence-corrected chi connectivity index (χ0v) is 13.2. The van der Waals surface area contributed by atoms with Crippen LogP contribution in [0.3, 0.4) is 0 Å². The van der Waals surface area contributed by atoms with Gasteiger partial charge in [-0.1, -0.05) is 77.9 Å². The molecule has 0 aliphatic rings. The first-order chi connectivity index (χ1) is 8.77. The summed E-state index contributed by atoms with van der Waals surface area (Å²) in [6.45, 7) is 13.8. The van der Waals surface area contributed by atoms with Crippen molar-refractivity contribution in [2.45, 2.75) is 58.8 Å². The summed E-state index contributed by atoms with van der Waals surface area (Å²) < 4.78 is 0. The lowest BCUT2D eigenvalue weighted by atomic mass is 9.76. The van der Waals surface area contributed by atoms with Crippen molar-refractivity contribution in [1.82, 2.24) is 0 Å². The van der Waals surface area contributed by atoms with Gasteiger partial charge in [0.25, 0.3) is 0 Å². The molecule has 0 heterocycles. The van der Waals surface area contributed by atoms with E-state index in [1.54, 1.807) is 0 Å². The minimum absolute atomic E-state index is 0.189. The highest BCUT2D eigenvalue weighted by Crippen LogP contribution is 2.37. The molecule has 2 rings (SSSR count). The third-order valence-corrected chi connectivity index (χ3v) is 4.35. The Balaban J connectivity index is 2.80. The summed E-state index contributed by atoms with van der Waals surface area (Å²) in [6.07, 6.45) is 1.16. The molecule has 0 fully saturated rings. The van der Waals surface area contributed by atoms with Gasteiger partial charge < -0.3 is 0 Å². The fourth-order valence-corrected chi connectivity index (χ4v) is 2.73. The molecule has 0 radical (unpaired) electrons. The van der Waals surface area contributed by atoms with Crippen LogP contribution in [-0.2, 0) is 10.8 Å². The molecule has 2 aromatic carbocycles. The molecule has 0 unspecified atom stereocenters. The topological polar surface area (TPSA) is 0 Å². The molecule has 0 amide bonds. The van der Waals surface area contributed by atoms with Gasteiger partial charge in [-0.25, -0.2) is 0 Å². The largest absolute Gasteiger partial charge is 0.0646 e. The van der Waals surface area contributed by atoms with E-state index in [0.717, 1.165) is 6.42 Å². The smallest absolute Gasteiger partial charge is 0.0100 e. The first-order valence-corrected chi connectivity index (χ1v) is 7.30. The average Bonchev–Trinajstić information content (AvgIpc) is 2.36. The van der Waals surface area contributed by atoms with Gasteiger partial charge in [-0.2, -0.15) is 0 Å².